The molecular formula is C25H26ClNO2. The molecule has 0 amide bonds. The van der Waals surface area contributed by atoms with Gasteiger partial charge in [-0.25, -0.2) is 0 Å². The van der Waals surface area contributed by atoms with Gasteiger partial charge in [0, 0.05) is 24.2 Å². The Morgan fingerprint density at radius 2 is 1.83 bits per heavy atom. The van der Waals surface area contributed by atoms with Gasteiger partial charge in [-0.1, -0.05) is 67.1 Å². The number of aryl methyl sites for hydroxylation is 1. The Bertz CT molecular complexity index is 988. The lowest BCUT2D eigenvalue weighted by molar-refractivity contribution is 0.225. The van der Waals surface area contributed by atoms with Crippen LogP contribution in [0.1, 0.15) is 24.5 Å². The molecule has 29 heavy (non-hydrogen) atoms. The van der Waals surface area contributed by atoms with E-state index in [4.69, 9.17) is 16.3 Å². The first-order valence-electron chi connectivity index (χ1n) is 10.2. The van der Waals surface area contributed by atoms with Gasteiger partial charge >= 0.3 is 0 Å². The summed E-state index contributed by atoms with van der Waals surface area (Å²) in [5, 5.41) is 10.5. The van der Waals surface area contributed by atoms with E-state index in [0.29, 0.717) is 5.02 Å². The van der Waals surface area contributed by atoms with Gasteiger partial charge in [0.25, 0.3) is 0 Å². The average molecular weight is 408 g/mol. The third-order valence-corrected chi connectivity index (χ3v) is 5.89. The standard InChI is InChI=1S/C25H26ClNO2/c1-2-18-7-3-4-8-22(18)19-11-12-20(17-28)24(15-19)27-14-13-21(16-27)29-25-10-6-5-9-23(25)26/h3-12,15,21,28H,2,13-14,16-17H2,1H3/t21-/m0/s1. The third-order valence-electron chi connectivity index (χ3n) is 5.58. The van der Waals surface area contributed by atoms with Crippen LogP contribution >= 0.6 is 11.6 Å². The van der Waals surface area contributed by atoms with Crippen molar-refractivity contribution < 1.29 is 9.84 Å². The number of aliphatic hydroxyl groups is 1. The van der Waals surface area contributed by atoms with E-state index in [1.165, 1.54) is 16.7 Å². The van der Waals surface area contributed by atoms with Crippen LogP contribution < -0.4 is 9.64 Å². The number of halogens is 1. The van der Waals surface area contributed by atoms with Crippen LogP contribution in [0.3, 0.4) is 0 Å². The molecule has 150 valence electrons. The Balaban J connectivity index is 1.59. The molecule has 1 atom stereocenters. The molecule has 4 heteroatoms. The van der Waals surface area contributed by atoms with Crippen molar-refractivity contribution in [3.8, 4) is 16.9 Å². The van der Waals surface area contributed by atoms with Crippen molar-refractivity contribution in [2.75, 3.05) is 18.0 Å². The highest BCUT2D eigenvalue weighted by Crippen LogP contribution is 2.34. The second kappa shape index (κ2) is 8.89. The Labute approximate surface area is 177 Å². The minimum absolute atomic E-state index is 0.0254. The second-order valence-corrected chi connectivity index (χ2v) is 7.82. The van der Waals surface area contributed by atoms with E-state index in [9.17, 15) is 5.11 Å². The molecule has 0 saturated carbocycles. The van der Waals surface area contributed by atoms with E-state index in [2.05, 4.69) is 48.2 Å². The lowest BCUT2D eigenvalue weighted by atomic mass is 9.96. The maximum absolute atomic E-state index is 9.90. The molecule has 1 saturated heterocycles. The molecular weight excluding hydrogens is 382 g/mol. The van der Waals surface area contributed by atoms with Crippen LogP contribution in [0.15, 0.2) is 66.7 Å². The van der Waals surface area contributed by atoms with Gasteiger partial charge < -0.3 is 14.7 Å². The molecule has 0 aromatic heterocycles. The Morgan fingerprint density at radius 1 is 1.03 bits per heavy atom. The van der Waals surface area contributed by atoms with Crippen molar-refractivity contribution in [1.29, 1.82) is 0 Å². The van der Waals surface area contributed by atoms with Crippen LogP contribution in [-0.2, 0) is 13.0 Å². The van der Waals surface area contributed by atoms with Crippen LogP contribution in [0.25, 0.3) is 11.1 Å². The summed E-state index contributed by atoms with van der Waals surface area (Å²) in [4.78, 5) is 2.31. The number of ether oxygens (including phenoxy) is 1. The molecule has 1 fully saturated rings. The molecule has 0 aliphatic carbocycles. The van der Waals surface area contributed by atoms with Crippen LogP contribution in [0.5, 0.6) is 5.75 Å². The van der Waals surface area contributed by atoms with Gasteiger partial charge in [0.15, 0.2) is 0 Å². The van der Waals surface area contributed by atoms with Crippen molar-refractivity contribution in [2.45, 2.75) is 32.5 Å². The van der Waals surface area contributed by atoms with Crippen molar-refractivity contribution in [3.05, 3.63) is 82.9 Å². The van der Waals surface area contributed by atoms with Gasteiger partial charge in [-0.15, -0.1) is 0 Å². The predicted octanol–water partition coefficient (Wildman–Crippen LogP) is 5.72. The van der Waals surface area contributed by atoms with E-state index in [1.54, 1.807) is 0 Å². The molecule has 1 aliphatic heterocycles. The molecule has 0 radical (unpaired) electrons. The zero-order valence-electron chi connectivity index (χ0n) is 16.6. The minimum Gasteiger partial charge on any atom is -0.487 e. The summed E-state index contributed by atoms with van der Waals surface area (Å²) in [7, 11) is 0. The molecule has 3 aromatic rings. The van der Waals surface area contributed by atoms with Crippen molar-refractivity contribution in [1.82, 2.24) is 0 Å². The number of aliphatic hydroxyl groups excluding tert-OH is 1. The number of para-hydroxylation sites is 1. The minimum atomic E-state index is 0.0254. The Morgan fingerprint density at radius 3 is 2.62 bits per heavy atom. The third kappa shape index (κ3) is 4.26. The number of benzene rings is 3. The predicted molar refractivity (Wildman–Crippen MR) is 120 cm³/mol. The summed E-state index contributed by atoms with van der Waals surface area (Å²) < 4.78 is 6.15. The normalized spacial score (nSPS) is 16.2. The SMILES string of the molecule is CCc1ccccc1-c1ccc(CO)c(N2CC[C@H](Oc3ccccc3Cl)C2)c1. The van der Waals surface area contributed by atoms with Crippen LogP contribution in [-0.4, -0.2) is 24.3 Å². The summed E-state index contributed by atoms with van der Waals surface area (Å²) >= 11 is 6.25. The highest BCUT2D eigenvalue weighted by atomic mass is 35.5. The van der Waals surface area contributed by atoms with Gasteiger partial charge in [-0.3, -0.25) is 0 Å². The fraction of sp³-hybridized carbons (Fsp3) is 0.280. The van der Waals surface area contributed by atoms with Crippen molar-refractivity contribution in [3.63, 3.8) is 0 Å². The van der Waals surface area contributed by atoms with E-state index < -0.39 is 0 Å². The second-order valence-electron chi connectivity index (χ2n) is 7.42. The van der Waals surface area contributed by atoms with Crippen LogP contribution in [0.2, 0.25) is 5.02 Å². The van der Waals surface area contributed by atoms with Gasteiger partial charge in [0.2, 0.25) is 0 Å². The van der Waals surface area contributed by atoms with E-state index >= 15 is 0 Å². The maximum atomic E-state index is 9.90. The van der Waals surface area contributed by atoms with Gasteiger partial charge in [-0.05, 0) is 41.3 Å². The molecule has 0 bridgehead atoms. The Hall–Kier alpha value is -2.49. The number of hydrogen-bond donors (Lipinski definition) is 1. The zero-order chi connectivity index (χ0) is 20.2. The van der Waals surface area contributed by atoms with Crippen LogP contribution in [0.4, 0.5) is 5.69 Å². The van der Waals surface area contributed by atoms with Crippen molar-refractivity contribution in [2.24, 2.45) is 0 Å². The molecule has 0 spiro atoms. The summed E-state index contributed by atoms with van der Waals surface area (Å²) in [5.41, 5.74) is 5.80. The topological polar surface area (TPSA) is 32.7 Å². The molecule has 1 heterocycles. The molecule has 1 N–H and O–H groups in total. The Kier molecular flexibility index (Phi) is 6.08. The summed E-state index contributed by atoms with van der Waals surface area (Å²) in [6.45, 7) is 3.87. The first-order chi connectivity index (χ1) is 14.2. The first kappa shape index (κ1) is 19.8. The molecule has 4 rings (SSSR count). The van der Waals surface area contributed by atoms with Gasteiger partial charge in [0.1, 0.15) is 11.9 Å². The summed E-state index contributed by atoms with van der Waals surface area (Å²) in [5.74, 6) is 0.731. The number of nitrogens with zero attached hydrogens (tertiary/aromatic N) is 1. The fourth-order valence-corrected chi connectivity index (χ4v) is 4.21. The highest BCUT2D eigenvalue weighted by Gasteiger charge is 2.26. The smallest absolute Gasteiger partial charge is 0.138 e. The summed E-state index contributed by atoms with van der Waals surface area (Å²) in [6, 6.07) is 22.5. The van der Waals surface area contributed by atoms with Gasteiger partial charge in [0.05, 0.1) is 18.2 Å². The van der Waals surface area contributed by atoms with E-state index in [1.807, 2.05) is 30.3 Å². The summed E-state index contributed by atoms with van der Waals surface area (Å²) in [6.07, 6.45) is 1.99. The van der Waals surface area contributed by atoms with Gasteiger partial charge in [-0.2, -0.15) is 0 Å². The zero-order valence-corrected chi connectivity index (χ0v) is 17.4. The lowest BCUT2D eigenvalue weighted by Gasteiger charge is -2.23. The molecule has 3 aromatic carbocycles. The maximum Gasteiger partial charge on any atom is 0.138 e. The number of rotatable bonds is 6. The number of hydrogen-bond acceptors (Lipinski definition) is 3. The number of anilines is 1. The van der Waals surface area contributed by atoms with E-state index in [0.717, 1.165) is 42.9 Å². The fourth-order valence-electron chi connectivity index (χ4n) is 4.03. The molecule has 3 nitrogen and oxygen atoms in total. The monoisotopic (exact) mass is 407 g/mol. The molecule has 1 aliphatic rings. The quantitative estimate of drug-likeness (QED) is 0.567. The lowest BCUT2D eigenvalue weighted by Crippen LogP contribution is -2.25. The highest BCUT2D eigenvalue weighted by molar-refractivity contribution is 6.32. The average Bonchev–Trinajstić information content (AvgIpc) is 3.23. The molecule has 0 unspecified atom stereocenters. The van der Waals surface area contributed by atoms with Crippen LogP contribution in [0, 0.1) is 0 Å². The van der Waals surface area contributed by atoms with E-state index in [-0.39, 0.29) is 12.7 Å². The largest absolute Gasteiger partial charge is 0.487 e. The first-order valence-corrected chi connectivity index (χ1v) is 10.6. The van der Waals surface area contributed by atoms with Crippen molar-refractivity contribution >= 4 is 17.3 Å².